The first-order valence-electron chi connectivity index (χ1n) is 7.74. The van der Waals surface area contributed by atoms with Crippen LogP contribution < -0.4 is 0 Å². The molecule has 22 heavy (non-hydrogen) atoms. The maximum Gasteiger partial charge on any atom is 0.231 e. The summed E-state index contributed by atoms with van der Waals surface area (Å²) in [6, 6.07) is 10.1. The van der Waals surface area contributed by atoms with Crippen LogP contribution in [0.1, 0.15) is 17.3 Å². The fourth-order valence-corrected chi connectivity index (χ4v) is 2.71. The summed E-state index contributed by atoms with van der Waals surface area (Å²) in [6.07, 6.45) is 0.679. The van der Waals surface area contributed by atoms with E-state index in [2.05, 4.69) is 32.1 Å². The Morgan fingerprint density at radius 1 is 1.05 bits per heavy atom. The Hall–Kier alpha value is -1.76. The second-order valence-corrected chi connectivity index (χ2v) is 5.61. The number of hydrogen-bond donors (Lipinski definition) is 1. The van der Waals surface area contributed by atoms with Gasteiger partial charge in [0.2, 0.25) is 5.89 Å². The highest BCUT2D eigenvalue weighted by molar-refractivity contribution is 5.17. The lowest BCUT2D eigenvalue weighted by Gasteiger charge is -2.33. The summed E-state index contributed by atoms with van der Waals surface area (Å²) in [4.78, 5) is 9.08. The number of aliphatic hydroxyl groups excluding tert-OH is 1. The Balaban J connectivity index is 1.50. The van der Waals surface area contributed by atoms with Crippen LogP contribution in [0.2, 0.25) is 0 Å². The van der Waals surface area contributed by atoms with E-state index in [9.17, 15) is 0 Å². The van der Waals surface area contributed by atoms with Crippen molar-refractivity contribution in [3.05, 3.63) is 47.6 Å². The van der Waals surface area contributed by atoms with Crippen LogP contribution in [0.25, 0.3) is 0 Å². The molecule has 0 unspecified atom stereocenters. The van der Waals surface area contributed by atoms with Crippen molar-refractivity contribution in [3.63, 3.8) is 0 Å². The number of piperazine rings is 1. The van der Waals surface area contributed by atoms with Crippen LogP contribution in [-0.4, -0.2) is 64.4 Å². The normalized spacial score (nSPS) is 17.0. The SMILES string of the molecule is OCCN1CCN(Cc2noc(Cc3ccccc3)n2)CC1. The first kappa shape index (κ1) is 15.1. The number of rotatable bonds is 6. The van der Waals surface area contributed by atoms with Crippen molar-refractivity contribution in [3.8, 4) is 0 Å². The van der Waals surface area contributed by atoms with Gasteiger partial charge in [-0.15, -0.1) is 0 Å². The lowest BCUT2D eigenvalue weighted by atomic mass is 10.1. The third kappa shape index (κ3) is 4.13. The molecule has 2 aromatic rings. The Bertz CT molecular complexity index is 565. The van der Waals surface area contributed by atoms with E-state index < -0.39 is 0 Å². The van der Waals surface area contributed by atoms with Gasteiger partial charge in [0.05, 0.1) is 19.6 Å². The van der Waals surface area contributed by atoms with Crippen molar-refractivity contribution in [1.82, 2.24) is 19.9 Å². The zero-order valence-corrected chi connectivity index (χ0v) is 12.7. The molecule has 1 N–H and O–H groups in total. The highest BCUT2D eigenvalue weighted by Gasteiger charge is 2.18. The van der Waals surface area contributed by atoms with Crippen molar-refractivity contribution in [2.24, 2.45) is 0 Å². The average molecular weight is 302 g/mol. The zero-order valence-electron chi connectivity index (χ0n) is 12.7. The molecule has 1 aliphatic heterocycles. The molecule has 1 aromatic heterocycles. The maximum absolute atomic E-state index is 8.96. The number of hydrogen-bond acceptors (Lipinski definition) is 6. The average Bonchev–Trinajstić information content (AvgIpc) is 2.98. The lowest BCUT2D eigenvalue weighted by molar-refractivity contribution is 0.106. The lowest BCUT2D eigenvalue weighted by Crippen LogP contribution is -2.46. The Morgan fingerprint density at radius 2 is 1.77 bits per heavy atom. The summed E-state index contributed by atoms with van der Waals surface area (Å²) in [7, 11) is 0. The zero-order chi connectivity index (χ0) is 15.2. The van der Waals surface area contributed by atoms with E-state index in [0.29, 0.717) is 12.3 Å². The fourth-order valence-electron chi connectivity index (χ4n) is 2.71. The molecule has 0 radical (unpaired) electrons. The molecule has 0 amide bonds. The molecule has 6 nitrogen and oxygen atoms in total. The van der Waals surface area contributed by atoms with Crippen molar-refractivity contribution in [1.29, 1.82) is 0 Å². The molecular formula is C16H22N4O2. The molecule has 2 heterocycles. The van der Waals surface area contributed by atoms with Crippen LogP contribution in [0.4, 0.5) is 0 Å². The van der Waals surface area contributed by atoms with E-state index >= 15 is 0 Å². The smallest absolute Gasteiger partial charge is 0.231 e. The minimum atomic E-state index is 0.230. The van der Waals surface area contributed by atoms with E-state index in [1.807, 2.05) is 18.2 Å². The molecule has 0 aliphatic carbocycles. The summed E-state index contributed by atoms with van der Waals surface area (Å²) < 4.78 is 5.34. The van der Waals surface area contributed by atoms with E-state index in [-0.39, 0.29) is 6.61 Å². The van der Waals surface area contributed by atoms with Gasteiger partial charge in [0.1, 0.15) is 0 Å². The minimum Gasteiger partial charge on any atom is -0.395 e. The van der Waals surface area contributed by atoms with Gasteiger partial charge in [0.25, 0.3) is 0 Å². The highest BCUT2D eigenvalue weighted by atomic mass is 16.5. The van der Waals surface area contributed by atoms with Crippen molar-refractivity contribution >= 4 is 0 Å². The van der Waals surface area contributed by atoms with Crippen LogP contribution in [0.15, 0.2) is 34.9 Å². The molecule has 1 fully saturated rings. The molecule has 1 aromatic carbocycles. The van der Waals surface area contributed by atoms with Crippen molar-refractivity contribution in [2.45, 2.75) is 13.0 Å². The standard InChI is InChI=1S/C16H22N4O2/c21-11-10-19-6-8-20(9-7-19)13-15-17-16(22-18-15)12-14-4-2-1-3-5-14/h1-5,21H,6-13H2. The number of aliphatic hydroxyl groups is 1. The van der Waals surface area contributed by atoms with Crippen LogP contribution >= 0.6 is 0 Å². The molecule has 6 heteroatoms. The second kappa shape index (κ2) is 7.49. The molecule has 0 saturated carbocycles. The quantitative estimate of drug-likeness (QED) is 0.850. The van der Waals surface area contributed by atoms with Gasteiger partial charge in [-0.2, -0.15) is 4.98 Å². The summed E-state index contributed by atoms with van der Waals surface area (Å²) in [6.45, 7) is 5.63. The molecule has 3 rings (SSSR count). The van der Waals surface area contributed by atoms with E-state index in [1.165, 1.54) is 5.56 Å². The van der Waals surface area contributed by atoms with Gasteiger partial charge in [-0.05, 0) is 5.56 Å². The van der Waals surface area contributed by atoms with Crippen LogP contribution in [0, 0.1) is 0 Å². The largest absolute Gasteiger partial charge is 0.395 e. The van der Waals surface area contributed by atoms with E-state index in [1.54, 1.807) is 0 Å². The Labute approximate surface area is 130 Å². The topological polar surface area (TPSA) is 65.6 Å². The third-order valence-corrected chi connectivity index (χ3v) is 3.95. The molecule has 118 valence electrons. The van der Waals surface area contributed by atoms with Gasteiger partial charge in [-0.1, -0.05) is 35.5 Å². The van der Waals surface area contributed by atoms with Gasteiger partial charge < -0.3 is 9.63 Å². The third-order valence-electron chi connectivity index (χ3n) is 3.95. The van der Waals surface area contributed by atoms with Gasteiger partial charge in [-0.25, -0.2) is 0 Å². The molecule has 1 aliphatic rings. The van der Waals surface area contributed by atoms with Crippen LogP contribution in [0.3, 0.4) is 0 Å². The predicted octanol–water partition coefficient (Wildman–Crippen LogP) is 0.770. The fraction of sp³-hybridized carbons (Fsp3) is 0.500. The van der Waals surface area contributed by atoms with Gasteiger partial charge in [-0.3, -0.25) is 9.80 Å². The molecular weight excluding hydrogens is 280 g/mol. The summed E-state index contributed by atoms with van der Waals surface area (Å²) >= 11 is 0. The summed E-state index contributed by atoms with van der Waals surface area (Å²) in [5, 5.41) is 13.0. The van der Waals surface area contributed by atoms with Gasteiger partial charge in [0, 0.05) is 32.7 Å². The molecule has 0 bridgehead atoms. The van der Waals surface area contributed by atoms with Crippen molar-refractivity contribution in [2.75, 3.05) is 39.3 Å². The number of benzene rings is 1. The molecule has 1 saturated heterocycles. The van der Waals surface area contributed by atoms with Gasteiger partial charge in [0.15, 0.2) is 5.82 Å². The Morgan fingerprint density at radius 3 is 2.50 bits per heavy atom. The first-order chi connectivity index (χ1) is 10.8. The predicted molar refractivity (Wildman–Crippen MR) is 82.3 cm³/mol. The van der Waals surface area contributed by atoms with Crippen molar-refractivity contribution < 1.29 is 9.63 Å². The van der Waals surface area contributed by atoms with E-state index in [0.717, 1.165) is 45.1 Å². The molecule has 0 atom stereocenters. The van der Waals surface area contributed by atoms with Gasteiger partial charge >= 0.3 is 0 Å². The Kier molecular flexibility index (Phi) is 5.15. The number of aromatic nitrogens is 2. The number of β-amino-alcohol motifs (C(OH)–C–C–N with tert-alkyl or cyclic N) is 1. The summed E-state index contributed by atoms with van der Waals surface area (Å²) in [5.41, 5.74) is 1.18. The van der Waals surface area contributed by atoms with Crippen LogP contribution in [0.5, 0.6) is 0 Å². The molecule has 0 spiro atoms. The highest BCUT2D eigenvalue weighted by Crippen LogP contribution is 2.10. The summed E-state index contributed by atoms with van der Waals surface area (Å²) in [5.74, 6) is 1.42. The minimum absolute atomic E-state index is 0.230. The second-order valence-electron chi connectivity index (χ2n) is 5.61. The number of nitrogens with zero attached hydrogens (tertiary/aromatic N) is 4. The maximum atomic E-state index is 8.96. The monoisotopic (exact) mass is 302 g/mol. The van der Waals surface area contributed by atoms with Crippen LogP contribution in [-0.2, 0) is 13.0 Å². The van der Waals surface area contributed by atoms with E-state index in [4.69, 9.17) is 9.63 Å². The first-order valence-corrected chi connectivity index (χ1v) is 7.74.